The lowest BCUT2D eigenvalue weighted by Gasteiger charge is -2.13. The molecule has 0 bridgehead atoms. The lowest BCUT2D eigenvalue weighted by molar-refractivity contribution is 0.0930. The third kappa shape index (κ3) is 4.07. The van der Waals surface area contributed by atoms with Gasteiger partial charge in [0.2, 0.25) is 0 Å². The van der Waals surface area contributed by atoms with Crippen LogP contribution in [0.25, 0.3) is 0 Å². The van der Waals surface area contributed by atoms with E-state index in [-0.39, 0.29) is 6.04 Å². The molecule has 1 aromatic carbocycles. The fourth-order valence-electron chi connectivity index (χ4n) is 1.47. The zero-order valence-corrected chi connectivity index (χ0v) is 11.1. The molecule has 0 saturated carbocycles. The summed E-state index contributed by atoms with van der Waals surface area (Å²) >= 11 is 3.28. The summed E-state index contributed by atoms with van der Waals surface area (Å²) in [5.74, 6) is -2.38. The van der Waals surface area contributed by atoms with Crippen LogP contribution in [0.1, 0.15) is 30.1 Å². The van der Waals surface area contributed by atoms with Gasteiger partial charge in [0.25, 0.3) is 5.91 Å². The maximum absolute atomic E-state index is 13.3. The number of carbonyl (C=O) groups excluding carboxylic acids is 1. The van der Waals surface area contributed by atoms with Crippen molar-refractivity contribution < 1.29 is 13.6 Å². The lowest BCUT2D eigenvalue weighted by Crippen LogP contribution is -2.33. The lowest BCUT2D eigenvalue weighted by atomic mass is 10.1. The van der Waals surface area contributed by atoms with E-state index in [4.69, 9.17) is 0 Å². The summed E-state index contributed by atoms with van der Waals surface area (Å²) in [5, 5.41) is 3.41. The minimum absolute atomic E-state index is 0.112. The normalized spacial score (nSPS) is 12.2. The maximum atomic E-state index is 13.3. The van der Waals surface area contributed by atoms with Gasteiger partial charge in [0.1, 0.15) is 17.2 Å². The van der Waals surface area contributed by atoms with Gasteiger partial charge in [-0.15, -0.1) is 0 Å². The average molecular weight is 306 g/mol. The van der Waals surface area contributed by atoms with Crippen LogP contribution in [0.4, 0.5) is 8.78 Å². The van der Waals surface area contributed by atoms with Crippen molar-refractivity contribution in [1.29, 1.82) is 0 Å². The Morgan fingerprint density at radius 2 is 2.00 bits per heavy atom. The van der Waals surface area contributed by atoms with Crippen LogP contribution in [-0.4, -0.2) is 17.3 Å². The summed E-state index contributed by atoms with van der Waals surface area (Å²) in [5.41, 5.74) is -0.516. The molecule has 0 aliphatic heterocycles. The molecular formula is C12H14BrF2NO. The molecule has 0 heterocycles. The number of benzene rings is 1. The van der Waals surface area contributed by atoms with Gasteiger partial charge in [-0.1, -0.05) is 22.0 Å². The highest BCUT2D eigenvalue weighted by Crippen LogP contribution is 2.12. The number of hydrogen-bond acceptors (Lipinski definition) is 1. The largest absolute Gasteiger partial charge is 0.349 e. The molecule has 0 saturated heterocycles. The number of alkyl halides is 1. The van der Waals surface area contributed by atoms with Crippen molar-refractivity contribution in [2.75, 3.05) is 5.33 Å². The quantitative estimate of drug-likeness (QED) is 0.831. The van der Waals surface area contributed by atoms with E-state index in [0.29, 0.717) is 0 Å². The van der Waals surface area contributed by atoms with Crippen molar-refractivity contribution in [2.24, 2.45) is 0 Å². The highest BCUT2D eigenvalue weighted by Gasteiger charge is 2.18. The first-order valence-corrected chi connectivity index (χ1v) is 6.49. The van der Waals surface area contributed by atoms with E-state index in [2.05, 4.69) is 21.2 Å². The molecule has 0 spiro atoms. The Morgan fingerprint density at radius 3 is 2.53 bits per heavy atom. The first-order chi connectivity index (χ1) is 8.06. The van der Waals surface area contributed by atoms with E-state index in [0.717, 1.165) is 30.3 Å². The molecule has 5 heteroatoms. The molecule has 0 aromatic heterocycles. The fraction of sp³-hybridized carbons (Fsp3) is 0.417. The van der Waals surface area contributed by atoms with E-state index in [9.17, 15) is 13.6 Å². The van der Waals surface area contributed by atoms with Crippen LogP contribution in [0.5, 0.6) is 0 Å². The summed E-state index contributed by atoms with van der Waals surface area (Å²) in [6.45, 7) is 1.80. The molecule has 17 heavy (non-hydrogen) atoms. The van der Waals surface area contributed by atoms with Crippen LogP contribution in [-0.2, 0) is 0 Å². The Bertz CT molecular complexity index is 378. The van der Waals surface area contributed by atoms with Gasteiger partial charge in [0.05, 0.1) is 0 Å². The van der Waals surface area contributed by atoms with E-state index < -0.39 is 23.1 Å². The molecule has 1 rings (SSSR count). The number of carbonyl (C=O) groups is 1. The summed E-state index contributed by atoms with van der Waals surface area (Å²) in [6, 6.07) is 3.26. The molecule has 2 nitrogen and oxygen atoms in total. The van der Waals surface area contributed by atoms with Crippen LogP contribution >= 0.6 is 15.9 Å². The summed E-state index contributed by atoms with van der Waals surface area (Å²) in [4.78, 5) is 11.7. The fourth-order valence-corrected chi connectivity index (χ4v) is 1.79. The van der Waals surface area contributed by atoms with Crippen molar-refractivity contribution in [3.63, 3.8) is 0 Å². The smallest absolute Gasteiger partial charge is 0.257 e. The molecule has 0 fully saturated rings. The molecule has 94 valence electrons. The first kappa shape index (κ1) is 14.1. The topological polar surface area (TPSA) is 29.1 Å². The van der Waals surface area contributed by atoms with Gasteiger partial charge in [0, 0.05) is 11.4 Å². The monoisotopic (exact) mass is 305 g/mol. The zero-order chi connectivity index (χ0) is 12.8. The minimum Gasteiger partial charge on any atom is -0.349 e. The van der Waals surface area contributed by atoms with Crippen molar-refractivity contribution in [3.05, 3.63) is 35.4 Å². The van der Waals surface area contributed by atoms with Crippen LogP contribution in [0.2, 0.25) is 0 Å². The number of rotatable bonds is 5. The number of amides is 1. The van der Waals surface area contributed by atoms with Gasteiger partial charge in [0.15, 0.2) is 0 Å². The molecule has 1 aromatic rings. The van der Waals surface area contributed by atoms with E-state index in [1.54, 1.807) is 6.92 Å². The molecule has 1 N–H and O–H groups in total. The van der Waals surface area contributed by atoms with Crippen molar-refractivity contribution >= 4 is 21.8 Å². The molecule has 0 aliphatic carbocycles. The zero-order valence-electron chi connectivity index (χ0n) is 9.47. The predicted octanol–water partition coefficient (Wildman–Crippen LogP) is 3.26. The Hall–Kier alpha value is -0.970. The van der Waals surface area contributed by atoms with E-state index in [1.807, 2.05) is 0 Å². The molecular weight excluding hydrogens is 292 g/mol. The Morgan fingerprint density at radius 1 is 1.41 bits per heavy atom. The Kier molecular flexibility index (Phi) is 5.55. The summed E-state index contributed by atoms with van der Waals surface area (Å²) in [7, 11) is 0. The van der Waals surface area contributed by atoms with E-state index >= 15 is 0 Å². The molecule has 0 radical (unpaired) electrons. The van der Waals surface area contributed by atoms with Gasteiger partial charge in [-0.3, -0.25) is 4.79 Å². The molecule has 0 aliphatic rings. The highest BCUT2D eigenvalue weighted by atomic mass is 79.9. The first-order valence-electron chi connectivity index (χ1n) is 5.37. The highest BCUT2D eigenvalue weighted by molar-refractivity contribution is 9.09. The predicted molar refractivity (Wildman–Crippen MR) is 66.3 cm³/mol. The maximum Gasteiger partial charge on any atom is 0.257 e. The summed E-state index contributed by atoms with van der Waals surface area (Å²) < 4.78 is 26.6. The minimum atomic E-state index is -0.838. The Labute approximate surface area is 108 Å². The standard InChI is InChI=1S/C12H14BrF2NO/c1-8(4-3-7-13)16-12(17)11-9(14)5-2-6-10(11)15/h2,5-6,8H,3-4,7H2,1H3,(H,16,17). The molecule has 1 unspecified atom stereocenters. The second-order valence-electron chi connectivity index (χ2n) is 3.80. The third-order valence-corrected chi connectivity index (χ3v) is 2.90. The van der Waals surface area contributed by atoms with Crippen LogP contribution < -0.4 is 5.32 Å². The second-order valence-corrected chi connectivity index (χ2v) is 4.60. The van der Waals surface area contributed by atoms with Gasteiger partial charge in [-0.05, 0) is 31.9 Å². The second kappa shape index (κ2) is 6.69. The number of hydrogen-bond donors (Lipinski definition) is 1. The SMILES string of the molecule is CC(CCCBr)NC(=O)c1c(F)cccc1F. The van der Waals surface area contributed by atoms with Gasteiger partial charge >= 0.3 is 0 Å². The summed E-state index contributed by atoms with van der Waals surface area (Å²) in [6.07, 6.45) is 1.65. The van der Waals surface area contributed by atoms with E-state index in [1.165, 1.54) is 6.07 Å². The molecule has 1 atom stereocenters. The van der Waals surface area contributed by atoms with Gasteiger partial charge in [-0.25, -0.2) is 8.78 Å². The van der Waals surface area contributed by atoms with Crippen LogP contribution in [0.15, 0.2) is 18.2 Å². The average Bonchev–Trinajstić information content (AvgIpc) is 2.26. The number of halogens is 3. The van der Waals surface area contributed by atoms with Gasteiger partial charge in [-0.2, -0.15) is 0 Å². The Balaban J connectivity index is 2.70. The number of nitrogens with one attached hydrogen (secondary N) is 1. The van der Waals surface area contributed by atoms with Crippen molar-refractivity contribution in [2.45, 2.75) is 25.8 Å². The van der Waals surface area contributed by atoms with Gasteiger partial charge < -0.3 is 5.32 Å². The van der Waals surface area contributed by atoms with Crippen LogP contribution in [0.3, 0.4) is 0 Å². The van der Waals surface area contributed by atoms with Crippen molar-refractivity contribution in [3.8, 4) is 0 Å². The molecule has 1 amide bonds. The third-order valence-electron chi connectivity index (χ3n) is 2.34. The van der Waals surface area contributed by atoms with Crippen molar-refractivity contribution in [1.82, 2.24) is 5.32 Å². The van der Waals surface area contributed by atoms with Crippen LogP contribution in [0, 0.1) is 11.6 Å².